The van der Waals surface area contributed by atoms with E-state index in [9.17, 15) is 8.42 Å². The molecule has 1 N–H and O–H groups in total. The number of nitrogens with zero attached hydrogens (tertiary/aromatic N) is 2. The zero-order valence-corrected chi connectivity index (χ0v) is 14.9. The number of furan rings is 1. The molecule has 1 atom stereocenters. The third-order valence-electron chi connectivity index (χ3n) is 4.02. The predicted molar refractivity (Wildman–Crippen MR) is 88.0 cm³/mol. The summed E-state index contributed by atoms with van der Waals surface area (Å²) in [6.45, 7) is 3.59. The quantitative estimate of drug-likeness (QED) is 0.762. The van der Waals surface area contributed by atoms with Crippen molar-refractivity contribution in [3.8, 4) is 0 Å². The van der Waals surface area contributed by atoms with Crippen LogP contribution in [0.4, 0.5) is 0 Å². The maximum atomic E-state index is 11.8. The number of hydrogen-bond donors (Lipinski definition) is 1. The third kappa shape index (κ3) is 5.58. The van der Waals surface area contributed by atoms with E-state index in [1.165, 1.54) is 18.4 Å². The van der Waals surface area contributed by atoms with Gasteiger partial charge in [-0.3, -0.25) is 4.90 Å². The van der Waals surface area contributed by atoms with Gasteiger partial charge in [0, 0.05) is 34.3 Å². The topological polar surface area (TPSA) is 75.0 Å². The van der Waals surface area contributed by atoms with E-state index in [0.717, 1.165) is 44.0 Å². The van der Waals surface area contributed by atoms with E-state index in [1.54, 1.807) is 7.11 Å². The van der Waals surface area contributed by atoms with E-state index in [2.05, 4.69) is 9.62 Å². The van der Waals surface area contributed by atoms with Crippen LogP contribution in [0.15, 0.2) is 16.5 Å². The van der Waals surface area contributed by atoms with Crippen molar-refractivity contribution in [3.05, 3.63) is 23.7 Å². The van der Waals surface area contributed by atoms with Crippen LogP contribution in [0.5, 0.6) is 0 Å². The first kappa shape index (κ1) is 18.4. The van der Waals surface area contributed by atoms with Crippen LogP contribution in [0.2, 0.25) is 0 Å². The second-order valence-electron chi connectivity index (χ2n) is 6.18. The van der Waals surface area contributed by atoms with Crippen LogP contribution in [0.25, 0.3) is 0 Å². The molecular formula is C15H27N3O4S. The summed E-state index contributed by atoms with van der Waals surface area (Å²) in [5.41, 5.74) is 0. The minimum atomic E-state index is -3.34. The van der Waals surface area contributed by atoms with Crippen LogP contribution < -0.4 is 4.72 Å². The molecule has 1 aliphatic rings. The lowest BCUT2D eigenvalue weighted by atomic mass is 9.98. The van der Waals surface area contributed by atoms with Gasteiger partial charge in [-0.2, -0.15) is 12.7 Å². The van der Waals surface area contributed by atoms with Gasteiger partial charge < -0.3 is 9.15 Å². The van der Waals surface area contributed by atoms with Crippen molar-refractivity contribution < 1.29 is 17.6 Å². The lowest BCUT2D eigenvalue weighted by Crippen LogP contribution is -2.43. The highest BCUT2D eigenvalue weighted by molar-refractivity contribution is 7.87. The minimum Gasteiger partial charge on any atom is -0.462 e. The smallest absolute Gasteiger partial charge is 0.278 e. The Bertz CT molecular complexity index is 585. The summed E-state index contributed by atoms with van der Waals surface area (Å²) in [5, 5.41) is 0. The third-order valence-corrected chi connectivity index (χ3v) is 5.51. The Hall–Kier alpha value is -0.930. The molecule has 2 rings (SSSR count). The molecule has 0 saturated carbocycles. The number of nitrogens with one attached hydrogen (secondary N) is 1. The number of methoxy groups -OCH3 is 1. The molecule has 7 nitrogen and oxygen atoms in total. The molecule has 1 aliphatic heterocycles. The number of hydrogen-bond acceptors (Lipinski definition) is 5. The first-order valence-electron chi connectivity index (χ1n) is 7.86. The Morgan fingerprint density at radius 2 is 2.13 bits per heavy atom. The molecule has 132 valence electrons. The molecule has 1 aromatic rings. The average molecular weight is 345 g/mol. The molecule has 1 saturated heterocycles. The summed E-state index contributed by atoms with van der Waals surface area (Å²) in [6.07, 6.45) is 2.11. The van der Waals surface area contributed by atoms with E-state index in [0.29, 0.717) is 19.1 Å². The molecule has 0 amide bonds. The Kier molecular flexibility index (Phi) is 6.60. The van der Waals surface area contributed by atoms with Gasteiger partial charge in [-0.05, 0) is 37.4 Å². The molecule has 0 unspecified atom stereocenters. The molecule has 1 fully saturated rings. The molecule has 0 spiro atoms. The molecule has 8 heteroatoms. The van der Waals surface area contributed by atoms with Crippen molar-refractivity contribution in [2.45, 2.75) is 26.0 Å². The summed E-state index contributed by atoms with van der Waals surface area (Å²) in [4.78, 5) is 2.31. The standard InChI is InChI=1S/C15H27N3O4S/c1-17(2)23(19,20)16-9-13-5-4-8-18(10-13)11-14-6-7-15(22-14)12-21-3/h6-7,13,16H,4-5,8-12H2,1-3H3/t13-/m1/s1. The van der Waals surface area contributed by atoms with Crippen molar-refractivity contribution in [1.82, 2.24) is 13.9 Å². The molecular weight excluding hydrogens is 318 g/mol. The summed E-state index contributed by atoms with van der Waals surface area (Å²) in [7, 11) is 1.36. The lowest BCUT2D eigenvalue weighted by molar-refractivity contribution is 0.144. The molecule has 1 aromatic heterocycles. The fourth-order valence-electron chi connectivity index (χ4n) is 2.76. The molecule has 2 heterocycles. The average Bonchev–Trinajstić information content (AvgIpc) is 2.93. The van der Waals surface area contributed by atoms with Gasteiger partial charge in [0.05, 0.1) is 6.54 Å². The van der Waals surface area contributed by atoms with Gasteiger partial charge in [0.15, 0.2) is 0 Å². The highest BCUT2D eigenvalue weighted by atomic mass is 32.2. The highest BCUT2D eigenvalue weighted by Gasteiger charge is 2.23. The Morgan fingerprint density at radius 1 is 1.39 bits per heavy atom. The number of ether oxygens (including phenoxy) is 1. The largest absolute Gasteiger partial charge is 0.462 e. The first-order chi connectivity index (χ1) is 10.9. The minimum absolute atomic E-state index is 0.326. The second-order valence-corrected chi connectivity index (χ2v) is 8.15. The van der Waals surface area contributed by atoms with Gasteiger partial charge in [-0.1, -0.05) is 0 Å². The van der Waals surface area contributed by atoms with Gasteiger partial charge in [0.2, 0.25) is 0 Å². The maximum Gasteiger partial charge on any atom is 0.278 e. The SMILES string of the molecule is COCc1ccc(CN2CCC[C@H](CNS(=O)(=O)N(C)C)C2)o1. The van der Waals surface area contributed by atoms with Crippen LogP contribution >= 0.6 is 0 Å². The first-order valence-corrected chi connectivity index (χ1v) is 9.30. The van der Waals surface area contributed by atoms with Gasteiger partial charge in [0.1, 0.15) is 18.1 Å². The summed E-state index contributed by atoms with van der Waals surface area (Å²) < 4.78 is 38.2. The second kappa shape index (κ2) is 8.25. The number of piperidine rings is 1. The van der Waals surface area contributed by atoms with Crippen LogP contribution in [-0.2, 0) is 28.1 Å². The van der Waals surface area contributed by atoms with E-state index in [-0.39, 0.29) is 0 Å². The predicted octanol–water partition coefficient (Wildman–Crippen LogP) is 1.03. The summed E-state index contributed by atoms with van der Waals surface area (Å²) in [5.74, 6) is 2.08. The van der Waals surface area contributed by atoms with Crippen LogP contribution in [-0.4, -0.2) is 58.5 Å². The molecule has 0 aromatic carbocycles. The normalized spacial score (nSPS) is 20.3. The van der Waals surface area contributed by atoms with Gasteiger partial charge in [-0.25, -0.2) is 4.72 Å². The van der Waals surface area contributed by atoms with Gasteiger partial charge in [0.25, 0.3) is 10.2 Å². The van der Waals surface area contributed by atoms with Crippen molar-refractivity contribution in [3.63, 3.8) is 0 Å². The Labute approximate surface area is 138 Å². The van der Waals surface area contributed by atoms with Crippen molar-refractivity contribution in [2.75, 3.05) is 40.8 Å². The fourth-order valence-corrected chi connectivity index (χ4v) is 3.47. The van der Waals surface area contributed by atoms with Gasteiger partial charge in [-0.15, -0.1) is 0 Å². The van der Waals surface area contributed by atoms with Gasteiger partial charge >= 0.3 is 0 Å². The number of likely N-dealkylation sites (tertiary alicyclic amines) is 1. The maximum absolute atomic E-state index is 11.8. The highest BCUT2D eigenvalue weighted by Crippen LogP contribution is 2.19. The van der Waals surface area contributed by atoms with Crippen molar-refractivity contribution >= 4 is 10.2 Å². The zero-order chi connectivity index (χ0) is 16.9. The van der Waals surface area contributed by atoms with E-state index in [1.807, 2.05) is 12.1 Å². The Morgan fingerprint density at radius 3 is 2.83 bits per heavy atom. The molecule has 0 aliphatic carbocycles. The summed E-state index contributed by atoms with van der Waals surface area (Å²) >= 11 is 0. The van der Waals surface area contributed by atoms with E-state index >= 15 is 0 Å². The van der Waals surface area contributed by atoms with Crippen LogP contribution in [0.3, 0.4) is 0 Å². The summed E-state index contributed by atoms with van der Waals surface area (Å²) in [6, 6.07) is 3.91. The van der Waals surface area contributed by atoms with E-state index < -0.39 is 10.2 Å². The lowest BCUT2D eigenvalue weighted by Gasteiger charge is -2.32. The van der Waals surface area contributed by atoms with Crippen molar-refractivity contribution in [2.24, 2.45) is 5.92 Å². The zero-order valence-electron chi connectivity index (χ0n) is 14.1. The van der Waals surface area contributed by atoms with Crippen LogP contribution in [0.1, 0.15) is 24.4 Å². The van der Waals surface area contributed by atoms with Crippen LogP contribution in [0, 0.1) is 5.92 Å². The Balaban J connectivity index is 1.83. The van der Waals surface area contributed by atoms with E-state index in [4.69, 9.17) is 9.15 Å². The monoisotopic (exact) mass is 345 g/mol. The fraction of sp³-hybridized carbons (Fsp3) is 0.733. The molecule has 0 bridgehead atoms. The van der Waals surface area contributed by atoms with Crippen molar-refractivity contribution in [1.29, 1.82) is 0 Å². The number of rotatable bonds is 8. The molecule has 0 radical (unpaired) electrons. The molecule has 23 heavy (non-hydrogen) atoms.